The molecule has 1 atom stereocenters. The zero-order valence-corrected chi connectivity index (χ0v) is 11.2. The molecule has 0 radical (unpaired) electrons. The van der Waals surface area contributed by atoms with E-state index in [1.54, 1.807) is 32.2 Å². The molecule has 2 N–H and O–H groups in total. The lowest BCUT2D eigenvalue weighted by Gasteiger charge is -2.30. The van der Waals surface area contributed by atoms with Crippen molar-refractivity contribution >= 4 is 17.4 Å². The van der Waals surface area contributed by atoms with Gasteiger partial charge in [-0.3, -0.25) is 9.59 Å². The molecular formula is C14H18N2O3. The van der Waals surface area contributed by atoms with Crippen molar-refractivity contribution in [2.24, 2.45) is 5.73 Å². The fraction of sp³-hybridized carbons (Fsp3) is 0.429. The predicted molar refractivity (Wildman–Crippen MR) is 72.6 cm³/mol. The Morgan fingerprint density at radius 2 is 2.21 bits per heavy atom. The Balaban J connectivity index is 2.28. The Labute approximate surface area is 112 Å². The summed E-state index contributed by atoms with van der Waals surface area (Å²) >= 11 is 0. The first kappa shape index (κ1) is 13.5. The Morgan fingerprint density at radius 1 is 1.47 bits per heavy atom. The van der Waals surface area contributed by atoms with Crippen LogP contribution < -0.4 is 15.4 Å². The van der Waals surface area contributed by atoms with E-state index in [-0.39, 0.29) is 11.7 Å². The highest BCUT2D eigenvalue weighted by Crippen LogP contribution is 2.34. The predicted octanol–water partition coefficient (Wildman–Crippen LogP) is 1.35. The van der Waals surface area contributed by atoms with Crippen LogP contribution in [-0.4, -0.2) is 31.4 Å². The molecule has 1 amide bonds. The van der Waals surface area contributed by atoms with Gasteiger partial charge in [-0.15, -0.1) is 0 Å². The van der Waals surface area contributed by atoms with Gasteiger partial charge < -0.3 is 15.4 Å². The van der Waals surface area contributed by atoms with Gasteiger partial charge in [-0.05, 0) is 38.1 Å². The minimum absolute atomic E-state index is 0.0349. The van der Waals surface area contributed by atoms with Crippen LogP contribution in [0.4, 0.5) is 5.69 Å². The van der Waals surface area contributed by atoms with Crippen LogP contribution in [0.2, 0.25) is 0 Å². The molecule has 0 saturated carbocycles. The van der Waals surface area contributed by atoms with Gasteiger partial charge in [0.25, 0.3) is 5.91 Å². The molecule has 2 rings (SSSR count). The lowest BCUT2D eigenvalue weighted by atomic mass is 10.0. The van der Waals surface area contributed by atoms with E-state index in [2.05, 4.69) is 0 Å². The molecule has 1 aliphatic rings. The average molecular weight is 262 g/mol. The van der Waals surface area contributed by atoms with Crippen LogP contribution in [0.15, 0.2) is 18.2 Å². The van der Waals surface area contributed by atoms with Gasteiger partial charge in [0, 0.05) is 19.0 Å². The quantitative estimate of drug-likeness (QED) is 0.831. The number of rotatable bonds is 4. The van der Waals surface area contributed by atoms with Crippen LogP contribution in [0.5, 0.6) is 5.75 Å². The third kappa shape index (κ3) is 2.61. The van der Waals surface area contributed by atoms with E-state index in [1.165, 1.54) is 4.90 Å². The zero-order chi connectivity index (χ0) is 14.0. The summed E-state index contributed by atoms with van der Waals surface area (Å²) in [7, 11) is 1.69. The second-order valence-corrected chi connectivity index (χ2v) is 4.66. The van der Waals surface area contributed by atoms with Crippen molar-refractivity contribution in [1.82, 2.24) is 0 Å². The van der Waals surface area contributed by atoms with E-state index in [0.717, 1.165) is 0 Å². The monoisotopic (exact) mass is 262 g/mol. The Morgan fingerprint density at radius 3 is 2.89 bits per heavy atom. The van der Waals surface area contributed by atoms with E-state index in [4.69, 9.17) is 10.5 Å². The van der Waals surface area contributed by atoms with Crippen molar-refractivity contribution in [3.63, 3.8) is 0 Å². The number of amides is 1. The lowest BCUT2D eigenvalue weighted by Crippen LogP contribution is -2.42. The molecule has 0 bridgehead atoms. The first-order valence-corrected chi connectivity index (χ1v) is 6.36. The summed E-state index contributed by atoms with van der Waals surface area (Å²) in [4.78, 5) is 25.3. The summed E-state index contributed by atoms with van der Waals surface area (Å²) in [6.07, 6.45) is 0.596. The molecule has 1 aromatic rings. The first-order valence-electron chi connectivity index (χ1n) is 6.36. The van der Waals surface area contributed by atoms with E-state index in [1.807, 2.05) is 0 Å². The van der Waals surface area contributed by atoms with Crippen LogP contribution in [-0.2, 0) is 4.79 Å². The average Bonchev–Trinajstić information content (AvgIpc) is 2.42. The number of hydrogen-bond donors (Lipinski definition) is 1. The van der Waals surface area contributed by atoms with Gasteiger partial charge in [0.1, 0.15) is 5.75 Å². The number of nitrogens with two attached hydrogens (primary N) is 1. The van der Waals surface area contributed by atoms with Gasteiger partial charge in [-0.2, -0.15) is 0 Å². The molecule has 1 aliphatic heterocycles. The number of ketones is 1. The van der Waals surface area contributed by atoms with Crippen LogP contribution in [0.25, 0.3) is 0 Å². The third-order valence-electron chi connectivity index (χ3n) is 3.23. The Hall–Kier alpha value is -1.88. The summed E-state index contributed by atoms with van der Waals surface area (Å²) in [6, 6.07) is 5.18. The van der Waals surface area contributed by atoms with Gasteiger partial charge in [-0.25, -0.2) is 0 Å². The lowest BCUT2D eigenvalue weighted by molar-refractivity contribution is -0.125. The van der Waals surface area contributed by atoms with E-state index in [9.17, 15) is 9.59 Å². The standard InChI is InChI=1S/C14H18N2O3/c1-9-14(18)16(2)11-8-10(5-6-13(11)19-9)12(17)4-3-7-15/h5-6,8-9H,3-4,7,15H2,1-2H3. The van der Waals surface area contributed by atoms with Crippen molar-refractivity contribution in [2.45, 2.75) is 25.9 Å². The second kappa shape index (κ2) is 5.40. The minimum Gasteiger partial charge on any atom is -0.479 e. The zero-order valence-electron chi connectivity index (χ0n) is 11.2. The number of Topliss-reactive ketones (excluding diaryl/α,β-unsaturated/α-hetero) is 1. The molecule has 1 unspecified atom stereocenters. The molecule has 19 heavy (non-hydrogen) atoms. The van der Waals surface area contributed by atoms with Gasteiger partial charge in [-0.1, -0.05) is 0 Å². The molecule has 102 valence electrons. The summed E-state index contributed by atoms with van der Waals surface area (Å²) < 4.78 is 5.51. The highest BCUT2D eigenvalue weighted by atomic mass is 16.5. The highest BCUT2D eigenvalue weighted by Gasteiger charge is 2.29. The van der Waals surface area contributed by atoms with Crippen molar-refractivity contribution in [3.05, 3.63) is 23.8 Å². The number of benzene rings is 1. The van der Waals surface area contributed by atoms with Gasteiger partial charge in [0.05, 0.1) is 5.69 Å². The number of anilines is 1. The van der Waals surface area contributed by atoms with E-state index in [0.29, 0.717) is 36.4 Å². The molecule has 0 spiro atoms. The summed E-state index contributed by atoms with van der Waals surface area (Å²) in [6.45, 7) is 2.21. The van der Waals surface area contributed by atoms with E-state index < -0.39 is 6.10 Å². The maximum atomic E-state index is 11.9. The molecular weight excluding hydrogens is 244 g/mol. The van der Waals surface area contributed by atoms with Crippen molar-refractivity contribution in [1.29, 1.82) is 0 Å². The molecule has 5 nitrogen and oxygen atoms in total. The molecule has 1 aromatic carbocycles. The van der Waals surface area contributed by atoms with Crippen LogP contribution in [0, 0.1) is 0 Å². The van der Waals surface area contributed by atoms with Crippen LogP contribution in [0.1, 0.15) is 30.1 Å². The molecule has 0 fully saturated rings. The molecule has 0 saturated heterocycles. The Kier molecular flexibility index (Phi) is 3.85. The number of carbonyl (C=O) groups is 2. The number of ether oxygens (including phenoxy) is 1. The third-order valence-corrected chi connectivity index (χ3v) is 3.23. The largest absolute Gasteiger partial charge is 0.479 e. The number of fused-ring (bicyclic) bond motifs is 1. The number of likely N-dealkylation sites (N-methyl/N-ethyl adjacent to an activating group) is 1. The molecule has 0 aromatic heterocycles. The number of hydrogen-bond acceptors (Lipinski definition) is 4. The highest BCUT2D eigenvalue weighted by molar-refractivity contribution is 6.02. The van der Waals surface area contributed by atoms with Crippen molar-refractivity contribution in [2.75, 3.05) is 18.5 Å². The molecule has 0 aliphatic carbocycles. The summed E-state index contributed by atoms with van der Waals surface area (Å²) in [5.74, 6) is 0.553. The van der Waals surface area contributed by atoms with Crippen LogP contribution in [0.3, 0.4) is 0 Å². The van der Waals surface area contributed by atoms with Gasteiger partial charge in [0.2, 0.25) is 0 Å². The summed E-state index contributed by atoms with van der Waals surface area (Å²) in [5.41, 5.74) is 6.62. The molecule has 5 heteroatoms. The normalized spacial score (nSPS) is 17.9. The first-order chi connectivity index (χ1) is 9.04. The number of carbonyl (C=O) groups excluding carboxylic acids is 2. The second-order valence-electron chi connectivity index (χ2n) is 4.66. The van der Waals surface area contributed by atoms with Gasteiger partial charge >= 0.3 is 0 Å². The van der Waals surface area contributed by atoms with E-state index >= 15 is 0 Å². The number of nitrogens with zero attached hydrogens (tertiary/aromatic N) is 1. The fourth-order valence-corrected chi connectivity index (χ4v) is 2.09. The van der Waals surface area contributed by atoms with Crippen molar-refractivity contribution < 1.29 is 14.3 Å². The topological polar surface area (TPSA) is 72.6 Å². The van der Waals surface area contributed by atoms with Crippen molar-refractivity contribution in [3.8, 4) is 5.75 Å². The van der Waals surface area contributed by atoms with Crippen LogP contribution >= 0.6 is 0 Å². The minimum atomic E-state index is -0.490. The molecule has 1 heterocycles. The Bertz CT molecular complexity index is 513. The maximum Gasteiger partial charge on any atom is 0.267 e. The van der Waals surface area contributed by atoms with Gasteiger partial charge in [0.15, 0.2) is 11.9 Å². The smallest absolute Gasteiger partial charge is 0.267 e. The maximum absolute atomic E-state index is 11.9. The SMILES string of the molecule is CC1Oc2ccc(C(=O)CCCN)cc2N(C)C1=O. The fourth-order valence-electron chi connectivity index (χ4n) is 2.09. The summed E-state index contributed by atoms with van der Waals surface area (Å²) in [5, 5.41) is 0.